The van der Waals surface area contributed by atoms with Crippen molar-refractivity contribution in [1.82, 2.24) is 4.98 Å². The largest absolute Gasteiger partial charge is 0.345 e. The molecule has 1 N–H and O–H groups in total. The topological polar surface area (TPSA) is 56.6 Å². The predicted molar refractivity (Wildman–Crippen MR) is 65.9 cm³/mol. The van der Waals surface area contributed by atoms with E-state index in [0.717, 1.165) is 26.3 Å². The molecule has 0 spiro atoms. The third kappa shape index (κ3) is 1.43. The summed E-state index contributed by atoms with van der Waals surface area (Å²) >= 11 is 2.12. The van der Waals surface area contributed by atoms with Gasteiger partial charge in [0.25, 0.3) is 0 Å². The highest BCUT2D eigenvalue weighted by Crippen LogP contribution is 2.28. The minimum absolute atomic E-state index is 0.553. The number of fused-ring (bicyclic) bond motifs is 1. The number of carbonyl (C=O) groups is 1. The van der Waals surface area contributed by atoms with E-state index in [9.17, 15) is 4.79 Å². The van der Waals surface area contributed by atoms with E-state index in [1.807, 2.05) is 13.0 Å². The van der Waals surface area contributed by atoms with Gasteiger partial charge in [-0.05, 0) is 47.2 Å². The van der Waals surface area contributed by atoms with Crippen molar-refractivity contribution in [2.45, 2.75) is 6.92 Å². The Bertz CT molecular complexity index is 593. The van der Waals surface area contributed by atoms with Crippen LogP contribution in [0.1, 0.15) is 21.6 Å². The number of H-pyrrole nitrogens is 1. The van der Waals surface area contributed by atoms with Crippen LogP contribution in [-0.4, -0.2) is 11.3 Å². The minimum atomic E-state index is 0.553. The fraction of sp³-hybridized carbons (Fsp3) is 0.0909. The van der Waals surface area contributed by atoms with Crippen molar-refractivity contribution in [3.63, 3.8) is 0 Å². The molecule has 0 atom stereocenters. The summed E-state index contributed by atoms with van der Waals surface area (Å²) in [6, 6.07) is 5.69. The lowest BCUT2D eigenvalue weighted by Crippen LogP contribution is -1.87. The van der Waals surface area contributed by atoms with E-state index in [0.29, 0.717) is 11.3 Å². The molecule has 15 heavy (non-hydrogen) atoms. The summed E-state index contributed by atoms with van der Waals surface area (Å²) in [6.07, 6.45) is 0.837. The number of benzene rings is 1. The summed E-state index contributed by atoms with van der Waals surface area (Å²) in [4.78, 5) is 13.8. The van der Waals surface area contributed by atoms with Gasteiger partial charge in [0, 0.05) is 16.5 Å². The number of carbonyl (C=O) groups excluding carboxylic acids is 1. The number of rotatable bonds is 1. The van der Waals surface area contributed by atoms with Crippen LogP contribution in [0.25, 0.3) is 10.9 Å². The monoisotopic (exact) mass is 310 g/mol. The van der Waals surface area contributed by atoms with Gasteiger partial charge in [-0.3, -0.25) is 4.79 Å². The number of aldehydes is 1. The average molecular weight is 310 g/mol. The molecule has 2 aromatic rings. The molecule has 0 aliphatic rings. The van der Waals surface area contributed by atoms with Crippen LogP contribution in [0.3, 0.4) is 0 Å². The van der Waals surface area contributed by atoms with Gasteiger partial charge in [-0.15, -0.1) is 0 Å². The number of aromatic amines is 1. The quantitative estimate of drug-likeness (QED) is 0.650. The highest BCUT2D eigenvalue weighted by molar-refractivity contribution is 14.1. The lowest BCUT2D eigenvalue weighted by molar-refractivity contribution is 0.112. The maximum Gasteiger partial charge on any atom is 0.150 e. The molecule has 0 saturated heterocycles. The normalized spacial score (nSPS) is 10.2. The molecule has 3 nitrogen and oxygen atoms in total. The van der Waals surface area contributed by atoms with Crippen molar-refractivity contribution in [3.05, 3.63) is 32.5 Å². The SMILES string of the molecule is Cc1c(C=O)ccc2[nH]c(C#N)c(I)c12. The van der Waals surface area contributed by atoms with Crippen LogP contribution in [0.5, 0.6) is 0 Å². The first-order chi connectivity index (χ1) is 7.19. The minimum Gasteiger partial charge on any atom is -0.345 e. The molecule has 0 unspecified atom stereocenters. The molecule has 0 amide bonds. The van der Waals surface area contributed by atoms with Crippen molar-refractivity contribution < 1.29 is 4.79 Å². The van der Waals surface area contributed by atoms with Crippen LogP contribution in [0.4, 0.5) is 0 Å². The number of halogens is 1. The Kier molecular flexibility index (Phi) is 2.49. The molecule has 0 radical (unpaired) electrons. The van der Waals surface area contributed by atoms with Crippen LogP contribution >= 0.6 is 22.6 Å². The van der Waals surface area contributed by atoms with Crippen LogP contribution in [0.15, 0.2) is 12.1 Å². The maximum atomic E-state index is 10.8. The van der Waals surface area contributed by atoms with Crippen LogP contribution in [0.2, 0.25) is 0 Å². The lowest BCUT2D eigenvalue weighted by atomic mass is 10.1. The molecule has 4 heteroatoms. The lowest BCUT2D eigenvalue weighted by Gasteiger charge is -2.00. The van der Waals surface area contributed by atoms with Crippen LogP contribution < -0.4 is 0 Å². The number of nitrogens with one attached hydrogen (secondary N) is 1. The van der Waals surface area contributed by atoms with Crippen molar-refractivity contribution in [2.75, 3.05) is 0 Å². The van der Waals surface area contributed by atoms with Gasteiger partial charge in [0.2, 0.25) is 0 Å². The smallest absolute Gasteiger partial charge is 0.150 e. The molecule has 0 aliphatic carbocycles. The molecule has 1 heterocycles. The Balaban J connectivity index is 2.93. The van der Waals surface area contributed by atoms with Gasteiger partial charge in [0.15, 0.2) is 0 Å². The zero-order chi connectivity index (χ0) is 11.0. The first kappa shape index (κ1) is 10.2. The molecule has 1 aromatic heterocycles. The molecule has 74 valence electrons. The molecule has 2 rings (SSSR count). The molecule has 0 fully saturated rings. The Morgan fingerprint density at radius 2 is 2.27 bits per heavy atom. The summed E-state index contributed by atoms with van der Waals surface area (Å²) in [5, 5.41) is 9.85. The zero-order valence-electron chi connectivity index (χ0n) is 7.97. The third-order valence-corrected chi connectivity index (χ3v) is 3.52. The average Bonchev–Trinajstić information content (AvgIpc) is 2.57. The van der Waals surface area contributed by atoms with Gasteiger partial charge in [-0.1, -0.05) is 0 Å². The summed E-state index contributed by atoms with van der Waals surface area (Å²) in [6.45, 7) is 1.89. The van der Waals surface area contributed by atoms with Gasteiger partial charge < -0.3 is 4.98 Å². The molecule has 1 aromatic carbocycles. The van der Waals surface area contributed by atoms with E-state index < -0.39 is 0 Å². The Morgan fingerprint density at radius 1 is 1.53 bits per heavy atom. The Morgan fingerprint density at radius 3 is 2.87 bits per heavy atom. The fourth-order valence-electron chi connectivity index (χ4n) is 1.63. The van der Waals surface area contributed by atoms with Gasteiger partial charge in [-0.2, -0.15) is 5.26 Å². The number of aryl methyl sites for hydroxylation is 1. The van der Waals surface area contributed by atoms with E-state index >= 15 is 0 Å². The van der Waals surface area contributed by atoms with Gasteiger partial charge in [0.05, 0.1) is 3.57 Å². The van der Waals surface area contributed by atoms with Crippen LogP contribution in [0, 0.1) is 21.8 Å². The fourth-order valence-corrected chi connectivity index (χ4v) is 2.58. The molecule has 0 saturated carbocycles. The molecule has 0 aliphatic heterocycles. The van der Waals surface area contributed by atoms with Gasteiger partial charge in [0.1, 0.15) is 18.0 Å². The number of nitrogens with zero attached hydrogens (tertiary/aromatic N) is 1. The number of hydrogen-bond donors (Lipinski definition) is 1. The van der Waals surface area contributed by atoms with E-state index in [2.05, 4.69) is 33.6 Å². The zero-order valence-corrected chi connectivity index (χ0v) is 10.1. The van der Waals surface area contributed by atoms with E-state index in [1.165, 1.54) is 0 Å². The van der Waals surface area contributed by atoms with Crippen molar-refractivity contribution in [2.24, 2.45) is 0 Å². The standard InChI is InChI=1S/C11H7IN2O/c1-6-7(5-15)2-3-8-10(6)11(12)9(4-13)14-8/h2-3,5,14H,1H3. The summed E-state index contributed by atoms with van der Waals surface area (Å²) in [5.74, 6) is 0. The molecular weight excluding hydrogens is 303 g/mol. The van der Waals surface area contributed by atoms with Crippen molar-refractivity contribution >= 4 is 39.8 Å². The Hall–Kier alpha value is -1.35. The highest BCUT2D eigenvalue weighted by Gasteiger charge is 2.12. The second kappa shape index (κ2) is 3.66. The predicted octanol–water partition coefficient (Wildman–Crippen LogP) is 2.77. The number of hydrogen-bond acceptors (Lipinski definition) is 2. The summed E-state index contributed by atoms with van der Waals surface area (Å²) < 4.78 is 0.881. The Labute approximate surface area is 100 Å². The second-order valence-corrected chi connectivity index (χ2v) is 4.32. The first-order valence-corrected chi connectivity index (χ1v) is 5.43. The van der Waals surface area contributed by atoms with E-state index in [4.69, 9.17) is 5.26 Å². The number of nitriles is 1. The van der Waals surface area contributed by atoms with Crippen LogP contribution in [-0.2, 0) is 0 Å². The third-order valence-electron chi connectivity index (χ3n) is 2.44. The molecule has 0 bridgehead atoms. The second-order valence-electron chi connectivity index (χ2n) is 3.25. The maximum absolute atomic E-state index is 10.8. The van der Waals surface area contributed by atoms with Crippen molar-refractivity contribution in [1.29, 1.82) is 5.26 Å². The van der Waals surface area contributed by atoms with E-state index in [1.54, 1.807) is 6.07 Å². The molecular formula is C11H7IN2O. The number of aromatic nitrogens is 1. The van der Waals surface area contributed by atoms with Gasteiger partial charge >= 0.3 is 0 Å². The summed E-state index contributed by atoms with van der Waals surface area (Å²) in [7, 11) is 0. The highest BCUT2D eigenvalue weighted by atomic mass is 127. The summed E-state index contributed by atoms with van der Waals surface area (Å²) in [5.41, 5.74) is 3.05. The van der Waals surface area contributed by atoms with Crippen molar-refractivity contribution in [3.8, 4) is 6.07 Å². The van der Waals surface area contributed by atoms with E-state index in [-0.39, 0.29) is 0 Å². The van der Waals surface area contributed by atoms with Gasteiger partial charge in [-0.25, -0.2) is 0 Å². The first-order valence-electron chi connectivity index (χ1n) is 4.35.